The van der Waals surface area contributed by atoms with Crippen molar-refractivity contribution in [3.8, 4) is 0 Å². The molecule has 0 amide bonds. The second-order valence-electron chi connectivity index (χ2n) is 3.99. The van der Waals surface area contributed by atoms with Gasteiger partial charge in [-0.2, -0.15) is 0 Å². The van der Waals surface area contributed by atoms with Crippen molar-refractivity contribution in [3.63, 3.8) is 0 Å². The summed E-state index contributed by atoms with van der Waals surface area (Å²) in [6, 6.07) is 2.40. The fourth-order valence-corrected chi connectivity index (χ4v) is 2.41. The van der Waals surface area contributed by atoms with Gasteiger partial charge >= 0.3 is 0 Å². The molecule has 2 heteroatoms. The first kappa shape index (κ1) is 11.5. The smallest absolute Gasteiger partial charge is 0.0392 e. The molecule has 14 heavy (non-hydrogen) atoms. The van der Waals surface area contributed by atoms with Gasteiger partial charge in [0.05, 0.1) is 0 Å². The first-order chi connectivity index (χ1) is 6.50. The molecule has 2 N–H and O–H groups in total. The quantitative estimate of drug-likeness (QED) is 0.751. The van der Waals surface area contributed by atoms with Crippen LogP contribution in [-0.2, 0) is 0 Å². The molecule has 1 unspecified atom stereocenters. The molecular weight excluding hydrogens is 190 g/mol. The molecular formula is C12H19NS. The van der Waals surface area contributed by atoms with E-state index in [0.29, 0.717) is 0 Å². The van der Waals surface area contributed by atoms with Gasteiger partial charge in [-0.15, -0.1) is 17.9 Å². The van der Waals surface area contributed by atoms with E-state index in [2.05, 4.69) is 33.4 Å². The van der Waals surface area contributed by atoms with Gasteiger partial charge in [0.2, 0.25) is 0 Å². The molecule has 1 aromatic rings. The second kappa shape index (κ2) is 4.76. The van der Waals surface area contributed by atoms with E-state index in [4.69, 9.17) is 5.73 Å². The lowest BCUT2D eigenvalue weighted by Gasteiger charge is -2.08. The van der Waals surface area contributed by atoms with Gasteiger partial charge in [-0.25, -0.2) is 0 Å². The Bertz CT molecular complexity index is 306. The fourth-order valence-electron chi connectivity index (χ4n) is 1.33. The van der Waals surface area contributed by atoms with E-state index in [9.17, 15) is 0 Å². The number of aryl methyl sites for hydroxylation is 2. The average molecular weight is 209 g/mol. The first-order valence-corrected chi connectivity index (χ1v) is 5.79. The molecule has 0 aliphatic rings. The summed E-state index contributed by atoms with van der Waals surface area (Å²) in [5, 5.41) is 0. The highest BCUT2D eigenvalue weighted by Crippen LogP contribution is 2.28. The molecule has 0 saturated carbocycles. The third-order valence-corrected chi connectivity index (χ3v) is 3.72. The zero-order chi connectivity index (χ0) is 10.7. The van der Waals surface area contributed by atoms with Crippen LogP contribution in [-0.4, -0.2) is 0 Å². The Morgan fingerprint density at radius 2 is 2.21 bits per heavy atom. The maximum atomic E-state index is 6.09. The summed E-state index contributed by atoms with van der Waals surface area (Å²) in [6.07, 6.45) is 2.03. The van der Waals surface area contributed by atoms with Crippen molar-refractivity contribution >= 4 is 11.3 Å². The lowest BCUT2D eigenvalue weighted by molar-refractivity contribution is 0.659. The van der Waals surface area contributed by atoms with Gasteiger partial charge in [-0.1, -0.05) is 5.57 Å². The third kappa shape index (κ3) is 2.96. The Kier molecular flexibility index (Phi) is 3.90. The molecule has 1 nitrogen and oxygen atoms in total. The number of hydrogen-bond acceptors (Lipinski definition) is 2. The highest BCUT2D eigenvalue weighted by molar-refractivity contribution is 7.12. The van der Waals surface area contributed by atoms with E-state index in [1.165, 1.54) is 20.9 Å². The number of nitrogens with two attached hydrogens (primary N) is 1. The summed E-state index contributed by atoms with van der Waals surface area (Å²) in [5.41, 5.74) is 8.67. The largest absolute Gasteiger partial charge is 0.323 e. The van der Waals surface area contributed by atoms with E-state index in [-0.39, 0.29) is 6.04 Å². The van der Waals surface area contributed by atoms with Crippen LogP contribution in [0.1, 0.15) is 41.1 Å². The number of rotatable bonds is 4. The Balaban J connectivity index is 2.60. The van der Waals surface area contributed by atoms with Crippen molar-refractivity contribution in [2.24, 2.45) is 5.73 Å². The van der Waals surface area contributed by atoms with Crippen molar-refractivity contribution in [2.45, 2.75) is 39.7 Å². The van der Waals surface area contributed by atoms with Gasteiger partial charge in [0.15, 0.2) is 0 Å². The van der Waals surface area contributed by atoms with Crippen molar-refractivity contribution in [2.75, 3.05) is 0 Å². The summed E-state index contributed by atoms with van der Waals surface area (Å²) in [5.74, 6) is 0. The van der Waals surface area contributed by atoms with Crippen LogP contribution in [0, 0.1) is 13.8 Å². The normalized spacial score (nSPS) is 12.9. The molecule has 0 fully saturated rings. The number of thiophene rings is 1. The number of hydrogen-bond donors (Lipinski definition) is 1. The van der Waals surface area contributed by atoms with Crippen LogP contribution < -0.4 is 5.73 Å². The van der Waals surface area contributed by atoms with Crippen molar-refractivity contribution in [1.29, 1.82) is 0 Å². The molecule has 0 aliphatic heterocycles. The maximum absolute atomic E-state index is 6.09. The van der Waals surface area contributed by atoms with Crippen LogP contribution in [0.4, 0.5) is 0 Å². The highest BCUT2D eigenvalue weighted by atomic mass is 32.1. The maximum Gasteiger partial charge on any atom is 0.0392 e. The standard InChI is InChI=1S/C12H19NS/c1-8(2)5-6-11(13)12-7-9(3)10(4)14-12/h7,11H,1,5-6,13H2,2-4H3. The molecule has 0 aromatic carbocycles. The molecule has 1 heterocycles. The van der Waals surface area contributed by atoms with Crippen LogP contribution in [0.5, 0.6) is 0 Å². The second-order valence-corrected chi connectivity index (χ2v) is 5.28. The average Bonchev–Trinajstić information content (AvgIpc) is 2.43. The van der Waals surface area contributed by atoms with Gasteiger partial charge < -0.3 is 5.73 Å². The van der Waals surface area contributed by atoms with Gasteiger partial charge in [0.1, 0.15) is 0 Å². The van der Waals surface area contributed by atoms with E-state index in [1.54, 1.807) is 0 Å². The molecule has 0 saturated heterocycles. The lowest BCUT2D eigenvalue weighted by atomic mass is 10.1. The van der Waals surface area contributed by atoms with Gasteiger partial charge in [-0.05, 0) is 45.2 Å². The minimum atomic E-state index is 0.184. The summed E-state index contributed by atoms with van der Waals surface area (Å²) < 4.78 is 0. The summed E-state index contributed by atoms with van der Waals surface area (Å²) in [6.45, 7) is 10.2. The molecule has 0 spiro atoms. The lowest BCUT2D eigenvalue weighted by Crippen LogP contribution is -2.08. The van der Waals surface area contributed by atoms with E-state index < -0.39 is 0 Å². The van der Waals surface area contributed by atoms with Crippen molar-refractivity contribution in [3.05, 3.63) is 33.5 Å². The summed E-state index contributed by atoms with van der Waals surface area (Å²) >= 11 is 1.82. The minimum Gasteiger partial charge on any atom is -0.323 e. The molecule has 1 aromatic heterocycles. The fraction of sp³-hybridized carbons (Fsp3) is 0.500. The van der Waals surface area contributed by atoms with Gasteiger partial charge in [-0.3, -0.25) is 0 Å². The summed E-state index contributed by atoms with van der Waals surface area (Å²) in [4.78, 5) is 2.69. The van der Waals surface area contributed by atoms with Crippen molar-refractivity contribution in [1.82, 2.24) is 0 Å². The first-order valence-electron chi connectivity index (χ1n) is 4.97. The molecule has 0 radical (unpaired) electrons. The van der Waals surface area contributed by atoms with Crippen molar-refractivity contribution < 1.29 is 0 Å². The predicted molar refractivity (Wildman–Crippen MR) is 64.8 cm³/mol. The zero-order valence-corrected chi connectivity index (χ0v) is 10.1. The van der Waals surface area contributed by atoms with Gasteiger partial charge in [0.25, 0.3) is 0 Å². The van der Waals surface area contributed by atoms with E-state index in [0.717, 1.165) is 12.8 Å². The van der Waals surface area contributed by atoms with Gasteiger partial charge in [0, 0.05) is 15.8 Å². The molecule has 78 valence electrons. The monoisotopic (exact) mass is 209 g/mol. The number of allylic oxidation sites excluding steroid dienone is 1. The van der Waals surface area contributed by atoms with Crippen LogP contribution in [0.25, 0.3) is 0 Å². The predicted octanol–water partition coefficient (Wildman–Crippen LogP) is 3.72. The molecule has 0 aliphatic carbocycles. The van der Waals surface area contributed by atoms with E-state index >= 15 is 0 Å². The minimum absolute atomic E-state index is 0.184. The summed E-state index contributed by atoms with van der Waals surface area (Å²) in [7, 11) is 0. The van der Waals surface area contributed by atoms with Crippen LogP contribution in [0.15, 0.2) is 18.2 Å². The molecule has 0 bridgehead atoms. The Morgan fingerprint density at radius 1 is 1.57 bits per heavy atom. The molecule has 1 atom stereocenters. The Labute approximate surface area is 90.6 Å². The highest BCUT2D eigenvalue weighted by Gasteiger charge is 2.09. The van der Waals surface area contributed by atoms with Crippen LogP contribution in [0.3, 0.4) is 0 Å². The van der Waals surface area contributed by atoms with Crippen LogP contribution in [0.2, 0.25) is 0 Å². The van der Waals surface area contributed by atoms with Crippen LogP contribution >= 0.6 is 11.3 Å². The SMILES string of the molecule is C=C(C)CCC(N)c1cc(C)c(C)s1. The third-order valence-electron chi connectivity index (χ3n) is 2.43. The van der Waals surface area contributed by atoms with E-state index in [1.807, 2.05) is 11.3 Å². The topological polar surface area (TPSA) is 26.0 Å². The Morgan fingerprint density at radius 3 is 2.64 bits per heavy atom. The Hall–Kier alpha value is -0.600. The zero-order valence-electron chi connectivity index (χ0n) is 9.26. The molecule has 1 rings (SSSR count).